The number of allylic oxidation sites excluding steroid dienone is 4. The third-order valence-electron chi connectivity index (χ3n) is 6.20. The second-order valence-electron chi connectivity index (χ2n) is 8.42. The summed E-state index contributed by atoms with van der Waals surface area (Å²) in [5.74, 6) is 0.0453. The average molecular weight is 402 g/mol. The van der Waals surface area contributed by atoms with Gasteiger partial charge in [-0.15, -0.1) is 0 Å². The number of hydrogen-bond donors (Lipinski definition) is 1. The molecule has 0 radical (unpaired) electrons. The minimum Gasteiger partial charge on any atom is -0.397 e. The Labute approximate surface area is 177 Å². The van der Waals surface area contributed by atoms with Crippen molar-refractivity contribution in [1.82, 2.24) is 19.8 Å². The van der Waals surface area contributed by atoms with E-state index in [1.165, 1.54) is 31.5 Å². The van der Waals surface area contributed by atoms with Crippen LogP contribution < -0.4 is 5.73 Å². The third-order valence-corrected chi connectivity index (χ3v) is 6.20. The smallest absolute Gasteiger partial charge is 0.229 e. The van der Waals surface area contributed by atoms with Crippen molar-refractivity contribution in [3.63, 3.8) is 0 Å². The van der Waals surface area contributed by atoms with Gasteiger partial charge in [-0.1, -0.05) is 18.2 Å². The standard InChI is InChI=1S/C24H27N5O/c25-20-7-8-21(18-5-1-2-6-18)27-22(20)12-24(30)29-15-19-11-17(13-26-23(19)16-29)14-28-9-3-4-10-28/h1-2,5,7-8,11,13H,3-4,6,9-10,12,14-16,25H2. The maximum atomic E-state index is 13.0. The van der Waals surface area contributed by atoms with E-state index in [9.17, 15) is 4.79 Å². The minimum absolute atomic E-state index is 0.0453. The van der Waals surface area contributed by atoms with E-state index in [-0.39, 0.29) is 12.3 Å². The zero-order valence-corrected chi connectivity index (χ0v) is 17.2. The van der Waals surface area contributed by atoms with Crippen LogP contribution in [0.1, 0.15) is 47.5 Å². The van der Waals surface area contributed by atoms with Crippen molar-refractivity contribution in [1.29, 1.82) is 0 Å². The maximum Gasteiger partial charge on any atom is 0.229 e. The zero-order chi connectivity index (χ0) is 20.5. The summed E-state index contributed by atoms with van der Waals surface area (Å²) < 4.78 is 0. The van der Waals surface area contributed by atoms with Crippen molar-refractivity contribution >= 4 is 17.2 Å². The van der Waals surface area contributed by atoms with Gasteiger partial charge in [0.2, 0.25) is 5.91 Å². The van der Waals surface area contributed by atoms with Crippen LogP contribution in [0.4, 0.5) is 5.69 Å². The number of nitrogen functional groups attached to an aromatic ring is 1. The van der Waals surface area contributed by atoms with Crippen LogP contribution in [0.25, 0.3) is 5.57 Å². The second kappa shape index (κ2) is 8.03. The fourth-order valence-corrected chi connectivity index (χ4v) is 4.50. The zero-order valence-electron chi connectivity index (χ0n) is 17.2. The van der Waals surface area contributed by atoms with Crippen LogP contribution in [0, 0.1) is 0 Å². The van der Waals surface area contributed by atoms with Gasteiger partial charge in [0.25, 0.3) is 0 Å². The molecule has 1 aliphatic carbocycles. The van der Waals surface area contributed by atoms with E-state index < -0.39 is 0 Å². The molecule has 2 aromatic rings. The number of fused-ring (bicyclic) bond motifs is 1. The Hall–Kier alpha value is -2.99. The first-order chi connectivity index (χ1) is 14.7. The van der Waals surface area contributed by atoms with E-state index in [0.717, 1.165) is 35.5 Å². The summed E-state index contributed by atoms with van der Waals surface area (Å²) in [6, 6.07) is 6.01. The summed E-state index contributed by atoms with van der Waals surface area (Å²) in [6.07, 6.45) is 11.8. The summed E-state index contributed by atoms with van der Waals surface area (Å²) in [4.78, 5) is 26.7. The minimum atomic E-state index is 0.0453. The molecule has 3 aliphatic rings. The Balaban J connectivity index is 1.26. The molecule has 0 atom stereocenters. The average Bonchev–Trinajstić information content (AvgIpc) is 3.51. The highest BCUT2D eigenvalue weighted by Crippen LogP contribution is 2.26. The van der Waals surface area contributed by atoms with Gasteiger partial charge in [-0.05, 0) is 67.3 Å². The molecule has 2 N–H and O–H groups in total. The molecule has 5 rings (SSSR count). The van der Waals surface area contributed by atoms with Gasteiger partial charge >= 0.3 is 0 Å². The maximum absolute atomic E-state index is 13.0. The number of nitrogens with two attached hydrogens (primary N) is 1. The van der Waals surface area contributed by atoms with Crippen LogP contribution in [-0.2, 0) is 30.8 Å². The predicted octanol–water partition coefficient (Wildman–Crippen LogP) is 3.08. The van der Waals surface area contributed by atoms with Crippen LogP contribution in [0.5, 0.6) is 0 Å². The van der Waals surface area contributed by atoms with Crippen molar-refractivity contribution in [3.05, 3.63) is 70.8 Å². The van der Waals surface area contributed by atoms with Crippen molar-refractivity contribution in [2.45, 2.75) is 45.3 Å². The summed E-state index contributed by atoms with van der Waals surface area (Å²) in [5, 5.41) is 0. The van der Waals surface area contributed by atoms with Crippen LogP contribution in [0.15, 0.2) is 42.6 Å². The Bertz CT molecular complexity index is 1040. The molecule has 4 heterocycles. The topological polar surface area (TPSA) is 75.3 Å². The van der Waals surface area contributed by atoms with Gasteiger partial charge in [-0.25, -0.2) is 0 Å². The lowest BCUT2D eigenvalue weighted by atomic mass is 10.1. The number of aromatic nitrogens is 2. The van der Waals surface area contributed by atoms with Crippen LogP contribution in [-0.4, -0.2) is 38.8 Å². The van der Waals surface area contributed by atoms with E-state index in [0.29, 0.717) is 24.5 Å². The second-order valence-corrected chi connectivity index (χ2v) is 8.42. The quantitative estimate of drug-likeness (QED) is 0.833. The lowest BCUT2D eigenvalue weighted by molar-refractivity contribution is -0.131. The number of carbonyl (C=O) groups excluding carboxylic acids is 1. The molecule has 30 heavy (non-hydrogen) atoms. The van der Waals surface area contributed by atoms with Crippen LogP contribution in [0.3, 0.4) is 0 Å². The number of rotatable bonds is 5. The molecule has 0 unspecified atom stereocenters. The van der Waals surface area contributed by atoms with E-state index >= 15 is 0 Å². The van der Waals surface area contributed by atoms with Crippen LogP contribution in [0.2, 0.25) is 0 Å². The molecule has 0 aromatic carbocycles. The number of amides is 1. The first-order valence-corrected chi connectivity index (χ1v) is 10.7. The molecule has 6 nitrogen and oxygen atoms in total. The van der Waals surface area contributed by atoms with E-state index in [1.807, 2.05) is 29.3 Å². The Morgan fingerprint density at radius 3 is 2.83 bits per heavy atom. The monoisotopic (exact) mass is 401 g/mol. The third kappa shape index (κ3) is 3.87. The normalized spacial score (nSPS) is 18.1. The first-order valence-electron chi connectivity index (χ1n) is 10.7. The summed E-state index contributed by atoms with van der Waals surface area (Å²) in [5.41, 5.74) is 12.8. The predicted molar refractivity (Wildman–Crippen MR) is 117 cm³/mol. The summed E-state index contributed by atoms with van der Waals surface area (Å²) in [6.45, 7) is 4.47. The molecule has 1 amide bonds. The fraction of sp³-hybridized carbons (Fsp3) is 0.375. The van der Waals surface area contributed by atoms with Crippen LogP contribution >= 0.6 is 0 Å². The Morgan fingerprint density at radius 2 is 2.03 bits per heavy atom. The number of likely N-dealkylation sites (tertiary alicyclic amines) is 1. The molecule has 0 saturated carbocycles. The SMILES string of the molecule is Nc1ccc(C2=CC=CC2)nc1CC(=O)N1Cc2cc(CN3CCCC3)cnc2C1. The fourth-order valence-electron chi connectivity index (χ4n) is 4.50. The van der Waals surface area contributed by atoms with Gasteiger partial charge < -0.3 is 10.6 Å². The van der Waals surface area contributed by atoms with E-state index in [4.69, 9.17) is 5.73 Å². The van der Waals surface area contributed by atoms with Crippen molar-refractivity contribution in [2.75, 3.05) is 18.8 Å². The number of hydrogen-bond acceptors (Lipinski definition) is 5. The Morgan fingerprint density at radius 1 is 1.17 bits per heavy atom. The van der Waals surface area contributed by atoms with Gasteiger partial charge in [-0.2, -0.15) is 0 Å². The van der Waals surface area contributed by atoms with Crippen molar-refractivity contribution in [2.24, 2.45) is 0 Å². The summed E-state index contributed by atoms with van der Waals surface area (Å²) in [7, 11) is 0. The van der Waals surface area contributed by atoms with Crippen molar-refractivity contribution in [3.8, 4) is 0 Å². The largest absolute Gasteiger partial charge is 0.397 e. The number of nitrogens with zero attached hydrogens (tertiary/aromatic N) is 4. The van der Waals surface area contributed by atoms with Gasteiger partial charge in [0.15, 0.2) is 0 Å². The molecular weight excluding hydrogens is 374 g/mol. The lowest BCUT2D eigenvalue weighted by Crippen LogP contribution is -2.27. The molecular formula is C24H27N5O. The summed E-state index contributed by atoms with van der Waals surface area (Å²) >= 11 is 0. The molecule has 2 aromatic heterocycles. The van der Waals surface area contributed by atoms with E-state index in [1.54, 1.807) is 0 Å². The number of carbonyl (C=O) groups is 1. The molecule has 2 aliphatic heterocycles. The van der Waals surface area contributed by atoms with E-state index in [2.05, 4.69) is 33.1 Å². The molecule has 0 bridgehead atoms. The highest BCUT2D eigenvalue weighted by molar-refractivity contribution is 5.81. The number of anilines is 1. The number of pyridine rings is 2. The molecule has 1 fully saturated rings. The first kappa shape index (κ1) is 19.0. The lowest BCUT2D eigenvalue weighted by Gasteiger charge is -2.16. The molecule has 1 saturated heterocycles. The Kier molecular flexibility index (Phi) is 5.09. The van der Waals surface area contributed by atoms with Crippen molar-refractivity contribution < 1.29 is 4.79 Å². The molecule has 0 spiro atoms. The van der Waals surface area contributed by atoms with Gasteiger partial charge in [0.1, 0.15) is 0 Å². The van der Waals surface area contributed by atoms with Gasteiger partial charge in [0, 0.05) is 19.3 Å². The van der Waals surface area contributed by atoms with Gasteiger partial charge in [-0.3, -0.25) is 19.7 Å². The molecule has 154 valence electrons. The van der Waals surface area contributed by atoms with Gasteiger partial charge in [0.05, 0.1) is 35.7 Å². The highest BCUT2D eigenvalue weighted by atomic mass is 16.2. The molecule has 6 heteroatoms. The highest BCUT2D eigenvalue weighted by Gasteiger charge is 2.26.